The molecule has 2 saturated carbocycles. The molecule has 142 valence electrons. The first-order valence-corrected chi connectivity index (χ1v) is 9.71. The van der Waals surface area contributed by atoms with E-state index in [0.717, 1.165) is 37.6 Å². The van der Waals surface area contributed by atoms with Gasteiger partial charge in [-0.05, 0) is 67.8 Å². The van der Waals surface area contributed by atoms with E-state index in [1.807, 2.05) is 6.07 Å². The summed E-state index contributed by atoms with van der Waals surface area (Å²) in [5, 5.41) is 12.0. The summed E-state index contributed by atoms with van der Waals surface area (Å²) in [5.74, 6) is 1.95. The Hall–Kier alpha value is -1.10. The lowest BCUT2D eigenvalue weighted by Crippen LogP contribution is -2.73. The van der Waals surface area contributed by atoms with Gasteiger partial charge >= 0.3 is 0 Å². The van der Waals surface area contributed by atoms with Crippen molar-refractivity contribution in [3.05, 3.63) is 29.3 Å². The molecule has 1 aromatic carbocycles. The molecule has 0 radical (unpaired) electrons. The quantitative estimate of drug-likeness (QED) is 0.880. The summed E-state index contributed by atoms with van der Waals surface area (Å²) < 4.78 is 5.46. The molecular formula is C21H28ClNO3. The number of rotatable bonds is 3. The highest BCUT2D eigenvalue weighted by molar-refractivity contribution is 5.85. The number of fused-ring (bicyclic) bond motifs is 1. The predicted octanol–water partition coefficient (Wildman–Crippen LogP) is 2.88. The number of piperidine rings is 1. The van der Waals surface area contributed by atoms with Crippen molar-refractivity contribution >= 4 is 18.2 Å². The van der Waals surface area contributed by atoms with Gasteiger partial charge in [-0.3, -0.25) is 9.69 Å². The van der Waals surface area contributed by atoms with Gasteiger partial charge in [0.15, 0.2) is 0 Å². The number of carbonyl (C=O) groups is 1. The molecule has 26 heavy (non-hydrogen) atoms. The Labute approximate surface area is 161 Å². The third kappa shape index (κ3) is 2.45. The molecule has 1 N–H and O–H groups in total. The zero-order valence-corrected chi connectivity index (χ0v) is 16.2. The fourth-order valence-corrected chi connectivity index (χ4v) is 5.86. The van der Waals surface area contributed by atoms with Gasteiger partial charge in [-0.2, -0.15) is 0 Å². The average molecular weight is 378 g/mol. The fraction of sp³-hybridized carbons (Fsp3) is 0.667. The second kappa shape index (κ2) is 6.22. The molecule has 1 aliphatic heterocycles. The average Bonchev–Trinajstić information content (AvgIpc) is 3.42. The number of Topliss-reactive ketones (excluding diaryl/α,β-unsaturated/α-hetero) is 1. The van der Waals surface area contributed by atoms with Gasteiger partial charge in [-0.15, -0.1) is 12.4 Å². The number of methoxy groups -OCH3 is 1. The van der Waals surface area contributed by atoms with Gasteiger partial charge in [0.25, 0.3) is 0 Å². The lowest BCUT2D eigenvalue weighted by Gasteiger charge is -2.63. The number of likely N-dealkylation sites (tertiary alicyclic amines) is 1. The van der Waals surface area contributed by atoms with E-state index in [1.165, 1.54) is 24.0 Å². The molecule has 3 atom stereocenters. The normalized spacial score (nSPS) is 35.9. The van der Waals surface area contributed by atoms with Gasteiger partial charge in [-0.1, -0.05) is 6.07 Å². The van der Waals surface area contributed by atoms with E-state index in [9.17, 15) is 9.90 Å². The van der Waals surface area contributed by atoms with E-state index < -0.39 is 11.0 Å². The Balaban J connectivity index is 0.00000168. The summed E-state index contributed by atoms with van der Waals surface area (Å²) in [5.41, 5.74) is 1.26. The molecular weight excluding hydrogens is 350 g/mol. The SMILES string of the molecule is COc1ccc2c(c1)[C@]13CCN(CC4CC4)[C@H](C2)C1(O)CCC(=O)C3.Cl. The molecule has 1 unspecified atom stereocenters. The van der Waals surface area contributed by atoms with Crippen molar-refractivity contribution in [2.75, 3.05) is 20.2 Å². The van der Waals surface area contributed by atoms with Gasteiger partial charge in [0.1, 0.15) is 11.5 Å². The van der Waals surface area contributed by atoms with Crippen LogP contribution < -0.4 is 4.74 Å². The van der Waals surface area contributed by atoms with Crippen molar-refractivity contribution < 1.29 is 14.6 Å². The summed E-state index contributed by atoms with van der Waals surface area (Å²) in [6.45, 7) is 2.11. The Morgan fingerprint density at radius 1 is 1.31 bits per heavy atom. The van der Waals surface area contributed by atoms with E-state index in [2.05, 4.69) is 17.0 Å². The number of benzene rings is 1. The van der Waals surface area contributed by atoms with Crippen LogP contribution in [0.5, 0.6) is 5.75 Å². The topological polar surface area (TPSA) is 49.8 Å². The van der Waals surface area contributed by atoms with Crippen LogP contribution in [-0.4, -0.2) is 47.6 Å². The molecule has 1 heterocycles. The summed E-state index contributed by atoms with van der Waals surface area (Å²) in [6.07, 6.45) is 6.03. The third-order valence-electron chi connectivity index (χ3n) is 7.37. The Bertz CT molecular complexity index is 734. The van der Waals surface area contributed by atoms with Gasteiger partial charge in [-0.25, -0.2) is 0 Å². The molecule has 3 fully saturated rings. The van der Waals surface area contributed by atoms with E-state index in [0.29, 0.717) is 25.0 Å². The molecule has 2 bridgehead atoms. The van der Waals surface area contributed by atoms with Crippen LogP contribution in [0.4, 0.5) is 0 Å². The number of ketones is 1. The van der Waals surface area contributed by atoms with Crippen molar-refractivity contribution in [2.45, 2.75) is 62.0 Å². The second-order valence-corrected chi connectivity index (χ2v) is 8.65. The number of hydrogen-bond acceptors (Lipinski definition) is 4. The van der Waals surface area contributed by atoms with Crippen molar-refractivity contribution in [3.8, 4) is 5.75 Å². The molecule has 0 aromatic heterocycles. The maximum Gasteiger partial charge on any atom is 0.134 e. The van der Waals surface area contributed by atoms with Crippen molar-refractivity contribution in [1.82, 2.24) is 4.90 Å². The van der Waals surface area contributed by atoms with Crippen LogP contribution in [0.3, 0.4) is 0 Å². The first-order chi connectivity index (χ1) is 12.1. The van der Waals surface area contributed by atoms with Gasteiger partial charge in [0.2, 0.25) is 0 Å². The van der Waals surface area contributed by atoms with Gasteiger partial charge < -0.3 is 9.84 Å². The summed E-state index contributed by atoms with van der Waals surface area (Å²) in [7, 11) is 1.68. The fourth-order valence-electron chi connectivity index (χ4n) is 5.86. The maximum atomic E-state index is 12.4. The van der Waals surface area contributed by atoms with Crippen LogP contribution in [0.25, 0.3) is 0 Å². The molecule has 5 rings (SSSR count). The minimum Gasteiger partial charge on any atom is -0.497 e. The number of ether oxygens (including phenoxy) is 1. The Kier molecular flexibility index (Phi) is 4.37. The van der Waals surface area contributed by atoms with E-state index in [1.54, 1.807) is 7.11 Å². The Morgan fingerprint density at radius 3 is 2.85 bits per heavy atom. The highest BCUT2D eigenvalue weighted by Gasteiger charge is 2.64. The predicted molar refractivity (Wildman–Crippen MR) is 102 cm³/mol. The summed E-state index contributed by atoms with van der Waals surface area (Å²) in [4.78, 5) is 15.0. The van der Waals surface area contributed by atoms with E-state index in [-0.39, 0.29) is 18.4 Å². The maximum absolute atomic E-state index is 12.4. The van der Waals surface area contributed by atoms with Crippen molar-refractivity contribution in [1.29, 1.82) is 0 Å². The minimum atomic E-state index is -0.784. The molecule has 4 aliphatic rings. The molecule has 1 aromatic rings. The van der Waals surface area contributed by atoms with Crippen LogP contribution in [0.15, 0.2) is 18.2 Å². The monoisotopic (exact) mass is 377 g/mol. The van der Waals surface area contributed by atoms with Crippen molar-refractivity contribution in [3.63, 3.8) is 0 Å². The minimum absolute atomic E-state index is 0. The van der Waals surface area contributed by atoms with Crippen LogP contribution in [0.2, 0.25) is 0 Å². The molecule has 1 saturated heterocycles. The zero-order chi connectivity index (χ0) is 17.2. The first-order valence-electron chi connectivity index (χ1n) is 9.71. The smallest absolute Gasteiger partial charge is 0.134 e. The van der Waals surface area contributed by atoms with Crippen LogP contribution >= 0.6 is 12.4 Å². The molecule has 0 amide bonds. The second-order valence-electron chi connectivity index (χ2n) is 8.65. The Morgan fingerprint density at radius 2 is 2.12 bits per heavy atom. The standard InChI is InChI=1S/C21H27NO3.ClH/c1-25-17-5-4-15-10-19-21(24)7-6-16(23)12-20(21,18(15)11-17)8-9-22(19)13-14-2-3-14;/h4-5,11,14,19,24H,2-3,6-10,12-13H2,1H3;1H/t19-,20-,21?;/m1./s1. The third-order valence-corrected chi connectivity index (χ3v) is 7.37. The van der Waals surface area contributed by atoms with Gasteiger partial charge in [0.05, 0.1) is 12.7 Å². The number of aliphatic hydroxyl groups is 1. The molecule has 3 aliphatic carbocycles. The van der Waals surface area contributed by atoms with Crippen LogP contribution in [-0.2, 0) is 16.6 Å². The van der Waals surface area contributed by atoms with Crippen LogP contribution in [0.1, 0.15) is 49.7 Å². The van der Waals surface area contributed by atoms with E-state index >= 15 is 0 Å². The zero-order valence-electron chi connectivity index (χ0n) is 15.4. The largest absolute Gasteiger partial charge is 0.497 e. The number of hydrogen-bond donors (Lipinski definition) is 1. The van der Waals surface area contributed by atoms with Crippen LogP contribution in [0, 0.1) is 5.92 Å². The number of halogens is 1. The van der Waals surface area contributed by atoms with Crippen molar-refractivity contribution in [2.24, 2.45) is 5.92 Å². The molecule has 4 nitrogen and oxygen atoms in total. The number of nitrogens with zero attached hydrogens (tertiary/aromatic N) is 1. The lowest BCUT2D eigenvalue weighted by molar-refractivity contribution is -0.173. The number of carbonyl (C=O) groups excluding carboxylic acids is 1. The highest BCUT2D eigenvalue weighted by atomic mass is 35.5. The summed E-state index contributed by atoms with van der Waals surface area (Å²) in [6, 6.07) is 6.41. The highest BCUT2D eigenvalue weighted by Crippen LogP contribution is 2.58. The molecule has 0 spiro atoms. The van der Waals surface area contributed by atoms with E-state index in [4.69, 9.17) is 4.74 Å². The molecule has 5 heteroatoms. The lowest BCUT2D eigenvalue weighted by atomic mass is 9.49. The first kappa shape index (κ1) is 18.3. The van der Waals surface area contributed by atoms with Gasteiger partial charge in [0, 0.05) is 30.8 Å². The summed E-state index contributed by atoms with van der Waals surface area (Å²) >= 11 is 0.